The number of fused-ring (bicyclic) bond motifs is 1. The Labute approximate surface area is 136 Å². The number of hydrogen-bond acceptors (Lipinski definition) is 4. The molecule has 0 aliphatic rings. The van der Waals surface area contributed by atoms with Crippen molar-refractivity contribution in [2.45, 2.75) is 6.92 Å². The van der Waals surface area contributed by atoms with Gasteiger partial charge in [0.15, 0.2) is 5.65 Å². The van der Waals surface area contributed by atoms with Gasteiger partial charge in [-0.2, -0.15) is 0 Å². The van der Waals surface area contributed by atoms with Gasteiger partial charge in [-0.15, -0.1) is 0 Å². The highest BCUT2D eigenvalue weighted by atomic mass is 16.5. The van der Waals surface area contributed by atoms with Crippen LogP contribution in [0.4, 0.5) is 0 Å². The normalized spacial score (nSPS) is 11.0. The Morgan fingerprint density at radius 2 is 1.38 bits per heavy atom. The van der Waals surface area contributed by atoms with E-state index in [1.807, 2.05) is 24.3 Å². The fourth-order valence-corrected chi connectivity index (χ4v) is 2.76. The van der Waals surface area contributed by atoms with Crippen LogP contribution in [0.3, 0.4) is 0 Å². The summed E-state index contributed by atoms with van der Waals surface area (Å²) in [5.74, 6) is 0.379. The highest BCUT2D eigenvalue weighted by molar-refractivity contribution is 5.77. The molecule has 6 nitrogen and oxygen atoms in total. The molecular formula is C18H13N3O3. The standard InChI is InChI=1S/C18H13N3O3/c1-12-15-16(19-24-12)20(13-8-4-2-5-9-13)18(23)21(17(15)22)14-10-6-3-7-11-14/h2-11H,1H3. The second-order valence-corrected chi connectivity index (χ2v) is 5.37. The summed E-state index contributed by atoms with van der Waals surface area (Å²) in [6.07, 6.45) is 0. The summed E-state index contributed by atoms with van der Waals surface area (Å²) in [5.41, 5.74) is 0.413. The van der Waals surface area contributed by atoms with Crippen LogP contribution in [-0.4, -0.2) is 14.3 Å². The minimum Gasteiger partial charge on any atom is -0.359 e. The Balaban J connectivity index is 2.21. The zero-order valence-electron chi connectivity index (χ0n) is 12.8. The molecule has 0 aliphatic heterocycles. The number of rotatable bonds is 2. The predicted octanol–water partition coefficient (Wildman–Crippen LogP) is 2.44. The Bertz CT molecular complexity index is 1140. The number of benzene rings is 2. The topological polar surface area (TPSA) is 70.0 Å². The quantitative estimate of drug-likeness (QED) is 0.569. The van der Waals surface area contributed by atoms with Crippen LogP contribution in [0.1, 0.15) is 5.76 Å². The molecule has 4 rings (SSSR count). The van der Waals surface area contributed by atoms with E-state index in [-0.39, 0.29) is 5.65 Å². The first-order valence-electron chi connectivity index (χ1n) is 7.43. The molecule has 0 spiro atoms. The van der Waals surface area contributed by atoms with E-state index in [0.29, 0.717) is 22.5 Å². The van der Waals surface area contributed by atoms with Crippen molar-refractivity contribution in [2.75, 3.05) is 0 Å². The van der Waals surface area contributed by atoms with Gasteiger partial charge in [-0.1, -0.05) is 41.6 Å². The van der Waals surface area contributed by atoms with Gasteiger partial charge >= 0.3 is 5.69 Å². The second kappa shape index (κ2) is 5.34. The maximum absolute atomic E-state index is 13.1. The van der Waals surface area contributed by atoms with E-state index >= 15 is 0 Å². The first kappa shape index (κ1) is 14.2. The molecule has 0 fully saturated rings. The second-order valence-electron chi connectivity index (χ2n) is 5.37. The van der Waals surface area contributed by atoms with Crippen LogP contribution in [0.5, 0.6) is 0 Å². The van der Waals surface area contributed by atoms with Gasteiger partial charge in [-0.25, -0.2) is 13.9 Å². The summed E-state index contributed by atoms with van der Waals surface area (Å²) in [4.78, 5) is 25.9. The molecule has 0 unspecified atom stereocenters. The van der Waals surface area contributed by atoms with Crippen LogP contribution in [0.15, 0.2) is 74.8 Å². The lowest BCUT2D eigenvalue weighted by molar-refractivity contribution is 0.403. The van der Waals surface area contributed by atoms with E-state index in [9.17, 15) is 9.59 Å². The van der Waals surface area contributed by atoms with Crippen LogP contribution >= 0.6 is 0 Å². The molecule has 2 aromatic heterocycles. The first-order chi connectivity index (χ1) is 11.7. The number of nitrogens with zero attached hydrogens (tertiary/aromatic N) is 3. The third kappa shape index (κ3) is 2.00. The first-order valence-corrected chi connectivity index (χ1v) is 7.43. The summed E-state index contributed by atoms with van der Waals surface area (Å²) >= 11 is 0. The van der Waals surface area contributed by atoms with Gasteiger partial charge in [0, 0.05) is 0 Å². The highest BCUT2D eigenvalue weighted by Crippen LogP contribution is 2.16. The van der Waals surface area contributed by atoms with E-state index in [2.05, 4.69) is 5.16 Å². The number of para-hydroxylation sites is 2. The van der Waals surface area contributed by atoms with Crippen molar-refractivity contribution in [1.29, 1.82) is 0 Å². The van der Waals surface area contributed by atoms with Gasteiger partial charge in [0.2, 0.25) is 0 Å². The maximum atomic E-state index is 13.1. The van der Waals surface area contributed by atoms with Crippen molar-refractivity contribution in [3.63, 3.8) is 0 Å². The lowest BCUT2D eigenvalue weighted by Crippen LogP contribution is -2.38. The molecule has 0 N–H and O–H groups in total. The average Bonchev–Trinajstić information content (AvgIpc) is 2.99. The van der Waals surface area contributed by atoms with E-state index in [1.165, 1.54) is 4.57 Å². The zero-order chi connectivity index (χ0) is 16.7. The maximum Gasteiger partial charge on any atom is 0.342 e. The molecule has 118 valence electrons. The molecule has 0 bridgehead atoms. The minimum atomic E-state index is -0.488. The molecule has 4 aromatic rings. The van der Waals surface area contributed by atoms with Crippen LogP contribution in [-0.2, 0) is 0 Å². The average molecular weight is 319 g/mol. The molecule has 0 radical (unpaired) electrons. The Morgan fingerprint density at radius 3 is 1.96 bits per heavy atom. The smallest absolute Gasteiger partial charge is 0.342 e. The van der Waals surface area contributed by atoms with Crippen molar-refractivity contribution in [2.24, 2.45) is 0 Å². The fourth-order valence-electron chi connectivity index (χ4n) is 2.76. The van der Waals surface area contributed by atoms with E-state index in [4.69, 9.17) is 4.52 Å². The van der Waals surface area contributed by atoms with E-state index < -0.39 is 11.2 Å². The summed E-state index contributed by atoms with van der Waals surface area (Å²) < 4.78 is 7.71. The van der Waals surface area contributed by atoms with Crippen molar-refractivity contribution in [1.82, 2.24) is 14.3 Å². The van der Waals surface area contributed by atoms with E-state index in [0.717, 1.165) is 4.57 Å². The largest absolute Gasteiger partial charge is 0.359 e. The van der Waals surface area contributed by atoms with Crippen LogP contribution in [0.25, 0.3) is 22.4 Å². The molecule has 0 atom stereocenters. The fraction of sp³-hybridized carbons (Fsp3) is 0.0556. The van der Waals surface area contributed by atoms with Crippen LogP contribution in [0.2, 0.25) is 0 Å². The monoisotopic (exact) mass is 319 g/mol. The van der Waals surface area contributed by atoms with E-state index in [1.54, 1.807) is 43.3 Å². The highest BCUT2D eigenvalue weighted by Gasteiger charge is 2.20. The number of aromatic nitrogens is 3. The number of aryl methyl sites for hydroxylation is 1. The van der Waals surface area contributed by atoms with Crippen molar-refractivity contribution in [3.05, 3.63) is 87.3 Å². The zero-order valence-corrected chi connectivity index (χ0v) is 12.8. The third-order valence-corrected chi connectivity index (χ3v) is 3.88. The van der Waals surface area contributed by atoms with Crippen molar-refractivity contribution < 1.29 is 4.52 Å². The van der Waals surface area contributed by atoms with Gasteiger partial charge in [-0.3, -0.25) is 4.79 Å². The molecule has 0 saturated heterocycles. The molecular weight excluding hydrogens is 306 g/mol. The SMILES string of the molecule is Cc1onc2c1c(=O)n(-c1ccccc1)c(=O)n2-c1ccccc1. The Kier molecular flexibility index (Phi) is 3.16. The van der Waals surface area contributed by atoms with Gasteiger partial charge in [0.1, 0.15) is 11.1 Å². The van der Waals surface area contributed by atoms with Gasteiger partial charge in [0.25, 0.3) is 5.56 Å². The molecule has 0 saturated carbocycles. The van der Waals surface area contributed by atoms with Crippen LogP contribution < -0.4 is 11.2 Å². The van der Waals surface area contributed by atoms with Gasteiger partial charge in [0.05, 0.1) is 11.4 Å². The summed E-state index contributed by atoms with van der Waals surface area (Å²) in [6.45, 7) is 1.66. The molecule has 24 heavy (non-hydrogen) atoms. The Hall–Kier alpha value is -3.41. The molecule has 0 aliphatic carbocycles. The van der Waals surface area contributed by atoms with Crippen molar-refractivity contribution in [3.8, 4) is 11.4 Å². The molecule has 2 aromatic carbocycles. The summed E-state index contributed by atoms with van der Waals surface area (Å²) in [6, 6.07) is 17.9. The van der Waals surface area contributed by atoms with Crippen molar-refractivity contribution >= 4 is 11.0 Å². The lowest BCUT2D eigenvalue weighted by Gasteiger charge is -2.11. The minimum absolute atomic E-state index is 0.223. The Morgan fingerprint density at radius 1 is 0.833 bits per heavy atom. The molecule has 0 amide bonds. The van der Waals surface area contributed by atoms with Gasteiger partial charge < -0.3 is 4.52 Å². The summed E-state index contributed by atoms with van der Waals surface area (Å²) in [5, 5.41) is 4.22. The summed E-state index contributed by atoms with van der Waals surface area (Å²) in [7, 11) is 0. The predicted molar refractivity (Wildman–Crippen MR) is 89.9 cm³/mol. The van der Waals surface area contributed by atoms with Gasteiger partial charge in [-0.05, 0) is 31.2 Å². The van der Waals surface area contributed by atoms with Crippen LogP contribution in [0, 0.1) is 6.92 Å². The lowest BCUT2D eigenvalue weighted by atomic mass is 10.2. The third-order valence-electron chi connectivity index (χ3n) is 3.88. The molecule has 6 heteroatoms. The number of hydrogen-bond donors (Lipinski definition) is 0. The molecule has 2 heterocycles.